The van der Waals surface area contributed by atoms with Crippen molar-refractivity contribution in [2.24, 2.45) is 12.8 Å². The van der Waals surface area contributed by atoms with Gasteiger partial charge in [0.15, 0.2) is 0 Å². The number of hydrogen-bond acceptors (Lipinski definition) is 4. The maximum Gasteiger partial charge on any atom is 0.256 e. The number of phenolic OH excluding ortho intramolecular Hbond substituents is 1. The summed E-state index contributed by atoms with van der Waals surface area (Å²) in [5.41, 5.74) is 10.5. The maximum absolute atomic E-state index is 12.6. The second kappa shape index (κ2) is 7.15. The summed E-state index contributed by atoms with van der Waals surface area (Å²) in [5.74, 6) is 0.146. The molecule has 0 atom stereocenters. The van der Waals surface area contributed by atoms with E-state index in [1.165, 1.54) is 0 Å². The Hall–Kier alpha value is -2.28. The van der Waals surface area contributed by atoms with Gasteiger partial charge in [0.1, 0.15) is 5.75 Å². The molecule has 1 aliphatic rings. The van der Waals surface area contributed by atoms with Crippen molar-refractivity contribution >= 4 is 41.6 Å². The van der Waals surface area contributed by atoms with Crippen LogP contribution in [-0.4, -0.2) is 32.5 Å². The lowest BCUT2D eigenvalue weighted by Crippen LogP contribution is -2.30. The summed E-state index contributed by atoms with van der Waals surface area (Å²) in [6.45, 7) is 0.638. The number of pyridine rings is 1. The topological polar surface area (TPSA) is 84.4 Å². The lowest BCUT2D eigenvalue weighted by Gasteiger charge is -2.25. The van der Waals surface area contributed by atoms with E-state index in [0.29, 0.717) is 17.7 Å². The van der Waals surface area contributed by atoms with Crippen LogP contribution < -0.4 is 5.73 Å². The van der Waals surface area contributed by atoms with Crippen LogP contribution in [0, 0.1) is 0 Å². The van der Waals surface area contributed by atoms with Gasteiger partial charge in [-0.1, -0.05) is 6.07 Å². The number of aromatic hydroxyl groups is 1. The van der Waals surface area contributed by atoms with E-state index in [0.717, 1.165) is 27.7 Å². The summed E-state index contributed by atoms with van der Waals surface area (Å²) in [5, 5.41) is 11.7. The van der Waals surface area contributed by atoms with E-state index in [1.54, 1.807) is 24.3 Å². The van der Waals surface area contributed by atoms with Crippen molar-refractivity contribution < 1.29 is 9.90 Å². The number of nitrogens with two attached hydrogens (primary N) is 1. The highest BCUT2D eigenvalue weighted by Crippen LogP contribution is 2.43. The van der Waals surface area contributed by atoms with Gasteiger partial charge in [0.25, 0.3) is 5.91 Å². The van der Waals surface area contributed by atoms with Gasteiger partial charge in [-0.15, -0.1) is 24.8 Å². The van der Waals surface area contributed by atoms with Gasteiger partial charge in [0.2, 0.25) is 0 Å². The summed E-state index contributed by atoms with van der Waals surface area (Å²) >= 11 is 0. The number of nitrogens with zero attached hydrogens (tertiary/aromatic N) is 3. The number of carbonyl (C=O) groups is 1. The first-order valence-corrected chi connectivity index (χ1v) is 7.76. The molecule has 0 spiro atoms. The molecule has 26 heavy (non-hydrogen) atoms. The minimum atomic E-state index is -0.0536. The van der Waals surface area contributed by atoms with Gasteiger partial charge in [-0.25, -0.2) is 0 Å². The predicted octanol–water partition coefficient (Wildman–Crippen LogP) is 2.83. The van der Waals surface area contributed by atoms with E-state index in [4.69, 9.17) is 5.73 Å². The first-order valence-electron chi connectivity index (χ1n) is 7.76. The SMILES string of the molecule is CN1Cc2c(O)c(-c3cccnc3)cc3c2c(c(CN)n3C)C1=O.Cl.Cl. The Morgan fingerprint density at radius 2 is 2.04 bits per heavy atom. The summed E-state index contributed by atoms with van der Waals surface area (Å²) in [6.07, 6.45) is 3.42. The van der Waals surface area contributed by atoms with Crippen LogP contribution in [0.2, 0.25) is 0 Å². The van der Waals surface area contributed by atoms with E-state index < -0.39 is 0 Å². The molecular formula is C18H20Cl2N4O2. The number of hydrogen-bond donors (Lipinski definition) is 2. The monoisotopic (exact) mass is 394 g/mol. The lowest BCUT2D eigenvalue weighted by molar-refractivity contribution is 0.0778. The fraction of sp³-hybridized carbons (Fsp3) is 0.222. The third-order valence-electron chi connectivity index (χ3n) is 4.81. The molecule has 0 radical (unpaired) electrons. The van der Waals surface area contributed by atoms with Crippen molar-refractivity contribution in [3.05, 3.63) is 47.4 Å². The highest BCUT2D eigenvalue weighted by molar-refractivity contribution is 6.13. The van der Waals surface area contributed by atoms with Crippen LogP contribution in [0.1, 0.15) is 21.6 Å². The third-order valence-corrected chi connectivity index (χ3v) is 4.81. The number of amides is 1. The Morgan fingerprint density at radius 1 is 1.31 bits per heavy atom. The minimum absolute atomic E-state index is 0. The zero-order chi connectivity index (χ0) is 17.0. The Morgan fingerprint density at radius 3 is 2.65 bits per heavy atom. The van der Waals surface area contributed by atoms with Gasteiger partial charge in [-0.3, -0.25) is 9.78 Å². The minimum Gasteiger partial charge on any atom is -0.507 e. The molecule has 3 aromatic rings. The molecule has 0 aliphatic carbocycles. The van der Waals surface area contributed by atoms with E-state index in [1.807, 2.05) is 29.8 Å². The van der Waals surface area contributed by atoms with Gasteiger partial charge in [0.05, 0.1) is 11.1 Å². The third kappa shape index (κ3) is 2.61. The van der Waals surface area contributed by atoms with Crippen molar-refractivity contribution in [3.63, 3.8) is 0 Å². The molecule has 8 heteroatoms. The van der Waals surface area contributed by atoms with Gasteiger partial charge >= 0.3 is 0 Å². The fourth-order valence-corrected chi connectivity index (χ4v) is 3.58. The molecule has 4 rings (SSSR count). The molecule has 1 aliphatic heterocycles. The van der Waals surface area contributed by atoms with Crippen LogP contribution in [0.4, 0.5) is 0 Å². The average Bonchev–Trinajstić information content (AvgIpc) is 2.88. The van der Waals surface area contributed by atoms with E-state index in [-0.39, 0.29) is 43.0 Å². The lowest BCUT2D eigenvalue weighted by atomic mass is 9.94. The predicted molar refractivity (Wildman–Crippen MR) is 106 cm³/mol. The number of phenols is 1. The van der Waals surface area contributed by atoms with Gasteiger partial charge in [0, 0.05) is 67.3 Å². The first-order chi connectivity index (χ1) is 11.5. The van der Waals surface area contributed by atoms with Crippen molar-refractivity contribution in [1.29, 1.82) is 0 Å². The number of halogens is 2. The number of benzene rings is 1. The molecular weight excluding hydrogens is 375 g/mol. The smallest absolute Gasteiger partial charge is 0.256 e. The molecule has 3 heterocycles. The normalized spacial score (nSPS) is 12.7. The standard InChI is InChI=1S/C18H18N4O2.2ClH/c1-21-9-12-15-13(22(2)14(7-19)16(15)18(21)24)6-11(17(12)23)10-4-3-5-20-8-10;;/h3-6,8,23H,7,9,19H2,1-2H3;2*1H. The highest BCUT2D eigenvalue weighted by Gasteiger charge is 2.32. The quantitative estimate of drug-likeness (QED) is 0.699. The molecule has 1 aromatic carbocycles. The first kappa shape index (κ1) is 20.0. The zero-order valence-corrected chi connectivity index (χ0v) is 16.0. The van der Waals surface area contributed by atoms with Crippen LogP contribution in [-0.2, 0) is 20.1 Å². The number of rotatable bonds is 2. The molecule has 0 saturated carbocycles. The number of carbonyl (C=O) groups excluding carboxylic acids is 1. The number of aromatic nitrogens is 2. The molecule has 2 aromatic heterocycles. The zero-order valence-electron chi connectivity index (χ0n) is 14.4. The molecule has 0 unspecified atom stereocenters. The van der Waals surface area contributed by atoms with E-state index >= 15 is 0 Å². The van der Waals surface area contributed by atoms with Crippen molar-refractivity contribution in [3.8, 4) is 16.9 Å². The van der Waals surface area contributed by atoms with Gasteiger partial charge in [-0.05, 0) is 12.1 Å². The second-order valence-corrected chi connectivity index (χ2v) is 6.13. The molecule has 1 amide bonds. The van der Waals surface area contributed by atoms with Crippen molar-refractivity contribution in [2.45, 2.75) is 13.1 Å². The summed E-state index contributed by atoms with van der Waals surface area (Å²) in [6, 6.07) is 5.65. The van der Waals surface area contributed by atoms with Gasteiger partial charge < -0.3 is 20.3 Å². The Balaban J connectivity index is 0.00000121. The largest absolute Gasteiger partial charge is 0.507 e. The van der Waals surface area contributed by atoms with Crippen LogP contribution in [0.15, 0.2) is 30.6 Å². The molecule has 0 bridgehead atoms. The van der Waals surface area contributed by atoms with E-state index in [2.05, 4.69) is 4.98 Å². The molecule has 3 N–H and O–H groups in total. The Bertz CT molecular complexity index is 986. The van der Waals surface area contributed by atoms with E-state index in [9.17, 15) is 9.90 Å². The Kier molecular flexibility index (Phi) is 5.51. The van der Waals surface area contributed by atoms with Crippen LogP contribution in [0.25, 0.3) is 22.0 Å². The molecule has 6 nitrogen and oxygen atoms in total. The fourth-order valence-electron chi connectivity index (χ4n) is 3.58. The number of aryl methyl sites for hydroxylation is 1. The summed E-state index contributed by atoms with van der Waals surface area (Å²) in [4.78, 5) is 18.4. The summed E-state index contributed by atoms with van der Waals surface area (Å²) < 4.78 is 1.95. The summed E-state index contributed by atoms with van der Waals surface area (Å²) in [7, 11) is 3.64. The molecule has 0 saturated heterocycles. The second-order valence-electron chi connectivity index (χ2n) is 6.13. The Labute approximate surface area is 163 Å². The highest BCUT2D eigenvalue weighted by atomic mass is 35.5. The maximum atomic E-state index is 12.6. The molecule has 0 fully saturated rings. The van der Waals surface area contributed by atoms with Crippen LogP contribution >= 0.6 is 24.8 Å². The average molecular weight is 395 g/mol. The van der Waals surface area contributed by atoms with Crippen molar-refractivity contribution in [1.82, 2.24) is 14.5 Å². The van der Waals surface area contributed by atoms with Crippen LogP contribution in [0.5, 0.6) is 5.75 Å². The van der Waals surface area contributed by atoms with Gasteiger partial charge in [-0.2, -0.15) is 0 Å². The van der Waals surface area contributed by atoms with Crippen LogP contribution in [0.3, 0.4) is 0 Å². The molecule has 138 valence electrons. The van der Waals surface area contributed by atoms with Crippen molar-refractivity contribution in [2.75, 3.05) is 7.05 Å².